The molecule has 0 saturated heterocycles. The maximum atomic E-state index is 12.6. The van der Waals surface area contributed by atoms with E-state index in [9.17, 15) is 9.59 Å². The number of aromatic carboxylic acids is 1. The number of carbonyl (C=O) groups is 2. The normalized spacial score (nSPS) is 17.6. The molecular weight excluding hydrogens is 304 g/mol. The van der Waals surface area contributed by atoms with Gasteiger partial charge in [-0.25, -0.2) is 9.78 Å². The summed E-state index contributed by atoms with van der Waals surface area (Å²) < 4.78 is 5.10. The minimum Gasteiger partial charge on any atom is -0.477 e. The largest absolute Gasteiger partial charge is 0.477 e. The predicted molar refractivity (Wildman–Crippen MR) is 83.1 cm³/mol. The first-order valence-electron chi connectivity index (χ1n) is 7.40. The third-order valence-corrected chi connectivity index (χ3v) is 5.63. The predicted octanol–water partition coefficient (Wildman–Crippen LogP) is 2.53. The Hall–Kier alpha value is -1.47. The number of nitrogens with one attached hydrogen (secondary N) is 1. The second kappa shape index (κ2) is 6.75. The second-order valence-electron chi connectivity index (χ2n) is 5.84. The molecule has 1 saturated carbocycles. The Morgan fingerprint density at radius 3 is 2.64 bits per heavy atom. The number of hydrogen-bond acceptors (Lipinski definition) is 5. The van der Waals surface area contributed by atoms with Gasteiger partial charge in [0.15, 0.2) is 0 Å². The van der Waals surface area contributed by atoms with Gasteiger partial charge in [-0.2, -0.15) is 0 Å². The highest BCUT2D eigenvalue weighted by molar-refractivity contribution is 7.13. The summed E-state index contributed by atoms with van der Waals surface area (Å²) in [6, 6.07) is -0.288. The molecule has 1 aromatic rings. The van der Waals surface area contributed by atoms with E-state index >= 15 is 0 Å². The van der Waals surface area contributed by atoms with E-state index in [1.807, 2.05) is 6.92 Å². The van der Waals surface area contributed by atoms with E-state index in [1.54, 1.807) is 14.0 Å². The van der Waals surface area contributed by atoms with E-state index in [0.29, 0.717) is 17.3 Å². The highest BCUT2D eigenvalue weighted by atomic mass is 32.1. The zero-order valence-corrected chi connectivity index (χ0v) is 14.0. The van der Waals surface area contributed by atoms with Gasteiger partial charge >= 0.3 is 5.97 Å². The smallest absolute Gasteiger partial charge is 0.347 e. The highest BCUT2D eigenvalue weighted by Gasteiger charge is 2.44. The molecule has 0 aliphatic heterocycles. The van der Waals surface area contributed by atoms with Crippen LogP contribution in [-0.4, -0.2) is 35.7 Å². The van der Waals surface area contributed by atoms with Crippen molar-refractivity contribution in [1.29, 1.82) is 0 Å². The van der Waals surface area contributed by atoms with Gasteiger partial charge in [0.25, 0.3) is 0 Å². The molecule has 0 spiro atoms. The van der Waals surface area contributed by atoms with Crippen LogP contribution >= 0.6 is 11.3 Å². The van der Waals surface area contributed by atoms with E-state index in [0.717, 1.165) is 37.0 Å². The van der Waals surface area contributed by atoms with Gasteiger partial charge in [-0.1, -0.05) is 6.42 Å². The van der Waals surface area contributed by atoms with Crippen molar-refractivity contribution in [3.05, 3.63) is 15.6 Å². The maximum absolute atomic E-state index is 12.6. The third kappa shape index (κ3) is 3.30. The molecule has 0 bridgehead atoms. The first kappa shape index (κ1) is 16.9. The number of thiazole rings is 1. The third-order valence-electron chi connectivity index (χ3n) is 4.30. The fourth-order valence-corrected chi connectivity index (χ4v) is 3.61. The van der Waals surface area contributed by atoms with Crippen molar-refractivity contribution in [3.8, 4) is 0 Å². The number of amides is 1. The van der Waals surface area contributed by atoms with Crippen LogP contribution in [0.1, 0.15) is 59.0 Å². The zero-order chi connectivity index (χ0) is 16.3. The van der Waals surface area contributed by atoms with Gasteiger partial charge < -0.3 is 15.2 Å². The average molecular weight is 326 g/mol. The van der Waals surface area contributed by atoms with E-state index in [-0.39, 0.29) is 22.2 Å². The monoisotopic (exact) mass is 326 g/mol. The molecule has 7 heteroatoms. The number of methoxy groups -OCH3 is 1. The van der Waals surface area contributed by atoms with Crippen LogP contribution in [0.15, 0.2) is 0 Å². The second-order valence-corrected chi connectivity index (χ2v) is 6.87. The summed E-state index contributed by atoms with van der Waals surface area (Å²) in [5.74, 6) is -0.955. The SMILES string of the molecule is COCCC1(C(=O)NC(C)c2nc(C)c(C(=O)O)s2)CCC1. The lowest BCUT2D eigenvalue weighted by Gasteiger charge is -2.40. The van der Waals surface area contributed by atoms with E-state index in [1.165, 1.54) is 0 Å². The molecule has 22 heavy (non-hydrogen) atoms. The number of aromatic nitrogens is 1. The Morgan fingerprint density at radius 1 is 1.50 bits per heavy atom. The van der Waals surface area contributed by atoms with Crippen LogP contribution in [0.2, 0.25) is 0 Å². The number of carboxylic acids is 1. The zero-order valence-electron chi connectivity index (χ0n) is 13.1. The minimum absolute atomic E-state index is 0.0213. The van der Waals surface area contributed by atoms with Gasteiger partial charge in [0.1, 0.15) is 9.88 Å². The lowest BCUT2D eigenvalue weighted by atomic mass is 9.66. The van der Waals surface area contributed by atoms with Crippen LogP contribution in [0.5, 0.6) is 0 Å². The lowest BCUT2D eigenvalue weighted by Crippen LogP contribution is -2.47. The minimum atomic E-state index is -0.977. The number of nitrogens with zero attached hydrogens (tertiary/aromatic N) is 1. The number of aryl methyl sites for hydroxylation is 1. The summed E-state index contributed by atoms with van der Waals surface area (Å²) in [5, 5.41) is 12.7. The Bertz CT molecular complexity index is 566. The summed E-state index contributed by atoms with van der Waals surface area (Å²) in [7, 11) is 1.64. The van der Waals surface area contributed by atoms with Gasteiger partial charge in [-0.3, -0.25) is 4.79 Å². The molecule has 122 valence electrons. The van der Waals surface area contributed by atoms with E-state index < -0.39 is 5.97 Å². The lowest BCUT2D eigenvalue weighted by molar-refractivity contribution is -0.138. The summed E-state index contributed by atoms with van der Waals surface area (Å²) in [6.07, 6.45) is 3.54. The molecule has 0 radical (unpaired) electrons. The summed E-state index contributed by atoms with van der Waals surface area (Å²) in [5.41, 5.74) is 0.165. The summed E-state index contributed by atoms with van der Waals surface area (Å²) >= 11 is 1.12. The Balaban J connectivity index is 2.04. The van der Waals surface area contributed by atoms with Crippen LogP contribution in [0, 0.1) is 12.3 Å². The van der Waals surface area contributed by atoms with Crippen molar-refractivity contribution >= 4 is 23.2 Å². The molecule has 2 N–H and O–H groups in total. The van der Waals surface area contributed by atoms with Gasteiger partial charge in [0.05, 0.1) is 17.2 Å². The average Bonchev–Trinajstić information content (AvgIpc) is 2.80. The molecule has 1 aliphatic carbocycles. The number of ether oxygens (including phenoxy) is 1. The number of hydrogen-bond donors (Lipinski definition) is 2. The molecule has 1 heterocycles. The Morgan fingerprint density at radius 2 is 2.18 bits per heavy atom. The molecule has 0 aromatic carbocycles. The molecular formula is C15H22N2O4S. The van der Waals surface area contributed by atoms with Crippen molar-refractivity contribution in [1.82, 2.24) is 10.3 Å². The Kier molecular flexibility index (Phi) is 5.18. The molecule has 1 aliphatic rings. The molecule has 2 rings (SSSR count). The quantitative estimate of drug-likeness (QED) is 0.804. The molecule has 1 amide bonds. The van der Waals surface area contributed by atoms with Crippen LogP contribution < -0.4 is 5.32 Å². The van der Waals surface area contributed by atoms with Crippen molar-refractivity contribution in [2.24, 2.45) is 5.41 Å². The first-order chi connectivity index (χ1) is 10.4. The highest BCUT2D eigenvalue weighted by Crippen LogP contribution is 2.44. The van der Waals surface area contributed by atoms with Crippen molar-refractivity contribution < 1.29 is 19.4 Å². The summed E-state index contributed by atoms with van der Waals surface area (Å²) in [4.78, 5) is 28.1. The fourth-order valence-electron chi connectivity index (χ4n) is 2.70. The maximum Gasteiger partial charge on any atom is 0.347 e. The summed E-state index contributed by atoms with van der Waals surface area (Å²) in [6.45, 7) is 4.08. The first-order valence-corrected chi connectivity index (χ1v) is 8.22. The van der Waals surface area contributed by atoms with Gasteiger partial charge in [-0.15, -0.1) is 11.3 Å². The Labute approximate surface area is 133 Å². The van der Waals surface area contributed by atoms with Crippen molar-refractivity contribution in [2.75, 3.05) is 13.7 Å². The van der Waals surface area contributed by atoms with E-state index in [2.05, 4.69) is 10.3 Å². The molecule has 1 fully saturated rings. The van der Waals surface area contributed by atoms with E-state index in [4.69, 9.17) is 9.84 Å². The van der Waals surface area contributed by atoms with Crippen LogP contribution in [0.3, 0.4) is 0 Å². The van der Waals surface area contributed by atoms with Gasteiger partial charge in [0.2, 0.25) is 5.91 Å². The molecule has 1 unspecified atom stereocenters. The molecule has 6 nitrogen and oxygen atoms in total. The van der Waals surface area contributed by atoms with Gasteiger partial charge in [0, 0.05) is 13.7 Å². The van der Waals surface area contributed by atoms with Crippen LogP contribution in [0.4, 0.5) is 0 Å². The molecule has 1 aromatic heterocycles. The van der Waals surface area contributed by atoms with Crippen LogP contribution in [-0.2, 0) is 9.53 Å². The number of carboxylic acid groups (broad SMARTS) is 1. The standard InChI is InChI=1S/C15H22N2O4S/c1-9-11(13(18)19)22-12(16-9)10(2)17-14(20)15(5-4-6-15)7-8-21-3/h10H,4-8H2,1-3H3,(H,17,20)(H,18,19). The molecule has 1 atom stereocenters. The van der Waals surface area contributed by atoms with Crippen LogP contribution in [0.25, 0.3) is 0 Å². The number of carbonyl (C=O) groups excluding carboxylic acids is 1. The van der Waals surface area contributed by atoms with Crippen molar-refractivity contribution in [2.45, 2.75) is 45.6 Å². The fraction of sp³-hybridized carbons (Fsp3) is 0.667. The topological polar surface area (TPSA) is 88.5 Å². The number of rotatable bonds is 7. The van der Waals surface area contributed by atoms with Gasteiger partial charge in [-0.05, 0) is 33.1 Å². The van der Waals surface area contributed by atoms with Crippen molar-refractivity contribution in [3.63, 3.8) is 0 Å².